The molecule has 0 saturated carbocycles. The van der Waals surface area contributed by atoms with Crippen LogP contribution >= 0.6 is 11.6 Å². The molecule has 134 valence electrons. The summed E-state index contributed by atoms with van der Waals surface area (Å²) < 4.78 is 10.9. The van der Waals surface area contributed by atoms with Gasteiger partial charge in [0.1, 0.15) is 23.9 Å². The molecule has 2 N–H and O–H groups in total. The standard InChI is InChI=1S/C20H18ClNO4/c1-25-18-8-6-15(11-17(18)19-9-7-16(12-23)26-19)22-20(24)10-13-2-4-14(21)5-3-13/h2-9,11,23H,10,12H2,1H3,(H,22,24). The van der Waals surface area contributed by atoms with Crippen molar-refractivity contribution >= 4 is 23.2 Å². The van der Waals surface area contributed by atoms with Gasteiger partial charge in [-0.2, -0.15) is 0 Å². The van der Waals surface area contributed by atoms with Gasteiger partial charge in [-0.3, -0.25) is 4.79 Å². The van der Waals surface area contributed by atoms with E-state index in [1.165, 1.54) is 0 Å². The van der Waals surface area contributed by atoms with Gasteiger partial charge in [0.25, 0.3) is 0 Å². The van der Waals surface area contributed by atoms with E-state index >= 15 is 0 Å². The van der Waals surface area contributed by atoms with E-state index in [1.807, 2.05) is 12.1 Å². The molecular formula is C20H18ClNO4. The summed E-state index contributed by atoms with van der Waals surface area (Å²) >= 11 is 5.86. The summed E-state index contributed by atoms with van der Waals surface area (Å²) in [5.74, 6) is 1.48. The topological polar surface area (TPSA) is 71.7 Å². The minimum Gasteiger partial charge on any atom is -0.496 e. The van der Waals surface area contributed by atoms with Gasteiger partial charge < -0.3 is 19.6 Å². The fourth-order valence-electron chi connectivity index (χ4n) is 2.58. The number of methoxy groups -OCH3 is 1. The number of aliphatic hydroxyl groups excluding tert-OH is 1. The lowest BCUT2D eigenvalue weighted by molar-refractivity contribution is -0.115. The van der Waals surface area contributed by atoms with Gasteiger partial charge in [-0.25, -0.2) is 0 Å². The summed E-state index contributed by atoms with van der Waals surface area (Å²) in [6.45, 7) is -0.181. The van der Waals surface area contributed by atoms with Crippen LogP contribution in [0.4, 0.5) is 5.69 Å². The Kier molecular flexibility index (Phi) is 5.61. The second-order valence-electron chi connectivity index (χ2n) is 5.69. The fourth-order valence-corrected chi connectivity index (χ4v) is 2.70. The molecule has 1 heterocycles. The van der Waals surface area contributed by atoms with E-state index in [-0.39, 0.29) is 18.9 Å². The van der Waals surface area contributed by atoms with Crippen LogP contribution in [0, 0.1) is 0 Å². The van der Waals surface area contributed by atoms with Crippen molar-refractivity contribution in [2.45, 2.75) is 13.0 Å². The first-order chi connectivity index (χ1) is 12.6. The van der Waals surface area contributed by atoms with Gasteiger partial charge in [0.2, 0.25) is 5.91 Å². The molecule has 1 amide bonds. The van der Waals surface area contributed by atoms with Gasteiger partial charge >= 0.3 is 0 Å². The van der Waals surface area contributed by atoms with Crippen LogP contribution in [-0.4, -0.2) is 18.1 Å². The zero-order valence-electron chi connectivity index (χ0n) is 14.2. The first-order valence-electron chi connectivity index (χ1n) is 8.01. The SMILES string of the molecule is COc1ccc(NC(=O)Cc2ccc(Cl)cc2)cc1-c1ccc(CO)o1. The number of rotatable bonds is 6. The number of carbonyl (C=O) groups excluding carboxylic acids is 1. The molecule has 0 aliphatic rings. The number of aliphatic hydroxyl groups is 1. The monoisotopic (exact) mass is 371 g/mol. The highest BCUT2D eigenvalue weighted by Crippen LogP contribution is 2.33. The zero-order valence-corrected chi connectivity index (χ0v) is 14.9. The van der Waals surface area contributed by atoms with Crippen LogP contribution < -0.4 is 10.1 Å². The molecule has 0 fully saturated rings. The van der Waals surface area contributed by atoms with E-state index in [0.717, 1.165) is 5.56 Å². The number of furan rings is 1. The number of halogens is 1. The molecule has 0 spiro atoms. The second kappa shape index (κ2) is 8.08. The summed E-state index contributed by atoms with van der Waals surface area (Å²) in [6, 6.07) is 15.9. The minimum atomic E-state index is -0.181. The van der Waals surface area contributed by atoms with Crippen LogP contribution in [0.2, 0.25) is 5.02 Å². The fraction of sp³-hybridized carbons (Fsp3) is 0.150. The van der Waals surface area contributed by atoms with Gasteiger partial charge in [0.15, 0.2) is 0 Å². The predicted octanol–water partition coefficient (Wildman–Crippen LogP) is 4.28. The summed E-state index contributed by atoms with van der Waals surface area (Å²) in [5.41, 5.74) is 2.19. The van der Waals surface area contributed by atoms with E-state index in [9.17, 15) is 4.79 Å². The Bertz CT molecular complexity index is 902. The van der Waals surface area contributed by atoms with Crippen molar-refractivity contribution in [3.05, 3.63) is 70.9 Å². The van der Waals surface area contributed by atoms with Gasteiger partial charge in [-0.15, -0.1) is 0 Å². The quantitative estimate of drug-likeness (QED) is 0.678. The number of ether oxygens (including phenoxy) is 1. The molecule has 3 aromatic rings. The van der Waals surface area contributed by atoms with Gasteiger partial charge in [-0.1, -0.05) is 23.7 Å². The van der Waals surface area contributed by atoms with Crippen molar-refractivity contribution in [1.29, 1.82) is 0 Å². The predicted molar refractivity (Wildman–Crippen MR) is 100 cm³/mol. The Hall–Kier alpha value is -2.76. The van der Waals surface area contributed by atoms with Crippen LogP contribution in [-0.2, 0) is 17.8 Å². The van der Waals surface area contributed by atoms with E-state index in [4.69, 9.17) is 25.9 Å². The third kappa shape index (κ3) is 4.25. The van der Waals surface area contributed by atoms with Gasteiger partial charge in [0.05, 0.1) is 19.1 Å². The highest BCUT2D eigenvalue weighted by atomic mass is 35.5. The second-order valence-corrected chi connectivity index (χ2v) is 6.13. The number of hydrogen-bond donors (Lipinski definition) is 2. The summed E-state index contributed by atoms with van der Waals surface area (Å²) in [7, 11) is 1.56. The number of benzene rings is 2. The molecule has 0 radical (unpaired) electrons. The molecule has 0 bridgehead atoms. The van der Waals surface area contributed by atoms with E-state index < -0.39 is 0 Å². The lowest BCUT2D eigenvalue weighted by Gasteiger charge is -2.10. The maximum absolute atomic E-state index is 12.3. The largest absolute Gasteiger partial charge is 0.496 e. The Balaban J connectivity index is 1.78. The minimum absolute atomic E-state index is 0.140. The number of hydrogen-bond acceptors (Lipinski definition) is 4. The van der Waals surface area contributed by atoms with E-state index in [2.05, 4.69) is 5.32 Å². The number of nitrogens with one attached hydrogen (secondary N) is 1. The maximum atomic E-state index is 12.3. The number of anilines is 1. The third-order valence-corrected chi connectivity index (χ3v) is 4.10. The highest BCUT2D eigenvalue weighted by molar-refractivity contribution is 6.30. The van der Waals surface area contributed by atoms with Crippen LogP contribution in [0.1, 0.15) is 11.3 Å². The zero-order chi connectivity index (χ0) is 18.5. The molecule has 0 unspecified atom stereocenters. The molecule has 1 aromatic heterocycles. The molecule has 6 heteroatoms. The lowest BCUT2D eigenvalue weighted by Crippen LogP contribution is -2.14. The molecular weight excluding hydrogens is 354 g/mol. The first kappa shape index (κ1) is 18.0. The maximum Gasteiger partial charge on any atom is 0.228 e. The Morgan fingerprint density at radius 2 is 1.92 bits per heavy atom. The van der Waals surface area contributed by atoms with E-state index in [1.54, 1.807) is 49.6 Å². The molecule has 3 rings (SSSR count). The average molecular weight is 372 g/mol. The van der Waals surface area contributed by atoms with Crippen molar-refractivity contribution in [3.63, 3.8) is 0 Å². The highest BCUT2D eigenvalue weighted by Gasteiger charge is 2.13. The Morgan fingerprint density at radius 3 is 2.58 bits per heavy atom. The molecule has 0 aliphatic heterocycles. The van der Waals surface area contributed by atoms with Crippen molar-refractivity contribution in [2.24, 2.45) is 0 Å². The van der Waals surface area contributed by atoms with Crippen molar-refractivity contribution in [3.8, 4) is 17.1 Å². The van der Waals surface area contributed by atoms with Crippen LogP contribution in [0.25, 0.3) is 11.3 Å². The molecule has 0 atom stereocenters. The summed E-state index contributed by atoms with van der Waals surface area (Å²) in [5, 5.41) is 12.7. The molecule has 2 aromatic carbocycles. The average Bonchev–Trinajstić information content (AvgIpc) is 3.12. The van der Waals surface area contributed by atoms with Crippen LogP contribution in [0.3, 0.4) is 0 Å². The normalized spacial score (nSPS) is 10.6. The number of carbonyl (C=O) groups is 1. The first-order valence-corrected chi connectivity index (χ1v) is 8.39. The van der Waals surface area contributed by atoms with E-state index in [0.29, 0.717) is 33.5 Å². The molecule has 0 aliphatic carbocycles. The summed E-state index contributed by atoms with van der Waals surface area (Å²) in [4.78, 5) is 12.3. The summed E-state index contributed by atoms with van der Waals surface area (Å²) in [6.07, 6.45) is 0.244. The van der Waals surface area contributed by atoms with Crippen LogP contribution in [0.5, 0.6) is 5.75 Å². The Labute approximate surface area is 156 Å². The molecule has 26 heavy (non-hydrogen) atoms. The van der Waals surface area contributed by atoms with Gasteiger partial charge in [-0.05, 0) is 48.0 Å². The smallest absolute Gasteiger partial charge is 0.228 e. The van der Waals surface area contributed by atoms with Crippen LogP contribution in [0.15, 0.2) is 59.0 Å². The lowest BCUT2D eigenvalue weighted by atomic mass is 10.1. The van der Waals surface area contributed by atoms with Crippen molar-refractivity contribution in [2.75, 3.05) is 12.4 Å². The molecule has 0 saturated heterocycles. The molecule has 5 nitrogen and oxygen atoms in total. The van der Waals surface area contributed by atoms with Gasteiger partial charge in [0, 0.05) is 10.7 Å². The van der Waals surface area contributed by atoms with Crippen molar-refractivity contribution < 1.29 is 19.1 Å². The Morgan fingerprint density at radius 1 is 1.15 bits per heavy atom. The van der Waals surface area contributed by atoms with Crippen molar-refractivity contribution in [1.82, 2.24) is 0 Å². The number of amides is 1. The third-order valence-electron chi connectivity index (χ3n) is 3.84.